The van der Waals surface area contributed by atoms with Gasteiger partial charge in [-0.3, -0.25) is 0 Å². The zero-order valence-electron chi connectivity index (χ0n) is 29.1. The van der Waals surface area contributed by atoms with Gasteiger partial charge in [0.2, 0.25) is 5.75 Å². The number of hydrogen-bond donors (Lipinski definition) is 3. The molecule has 0 radical (unpaired) electrons. The zero-order valence-corrected chi connectivity index (χ0v) is 29.1. The molecule has 1 rings (SSSR count). The van der Waals surface area contributed by atoms with E-state index in [0.717, 1.165) is 75.0 Å². The van der Waals surface area contributed by atoms with Crippen molar-refractivity contribution in [1.82, 2.24) is 0 Å². The number of ether oxygens (including phenoxy) is 3. The molecule has 0 saturated heterocycles. The Balaban J connectivity index is 2.39. The second kappa shape index (κ2) is 33.9. The van der Waals surface area contributed by atoms with Crippen LogP contribution in [-0.4, -0.2) is 55.0 Å². The first kappa shape index (κ1) is 41.5. The van der Waals surface area contributed by atoms with Crippen molar-refractivity contribution in [3.63, 3.8) is 0 Å². The van der Waals surface area contributed by atoms with Gasteiger partial charge in [-0.1, -0.05) is 141 Å². The number of aliphatic hydroxyl groups is 3. The summed E-state index contributed by atoms with van der Waals surface area (Å²) >= 11 is 0. The Bertz CT molecular complexity index is 683. The molecule has 1 aromatic carbocycles. The second-order valence-corrected chi connectivity index (χ2v) is 12.8. The maximum Gasteiger partial charge on any atom is 0.203 e. The summed E-state index contributed by atoms with van der Waals surface area (Å²) in [5.41, 5.74) is 0. The summed E-state index contributed by atoms with van der Waals surface area (Å²) in [6, 6.07) is 6.06. The molecule has 45 heavy (non-hydrogen) atoms. The van der Waals surface area contributed by atoms with Crippen LogP contribution in [0, 0.1) is 0 Å². The summed E-state index contributed by atoms with van der Waals surface area (Å²) in [5.74, 6) is 2.38. The van der Waals surface area contributed by atoms with Crippen molar-refractivity contribution in [2.24, 2.45) is 0 Å². The minimum absolute atomic E-state index is 0.322. The van der Waals surface area contributed by atoms with Crippen molar-refractivity contribution < 1.29 is 29.5 Å². The van der Waals surface area contributed by atoms with Crippen LogP contribution in [0.25, 0.3) is 0 Å². The van der Waals surface area contributed by atoms with Gasteiger partial charge in [-0.2, -0.15) is 0 Å². The molecule has 3 N–H and O–H groups in total. The molecular weight excluding hydrogens is 564 g/mol. The van der Waals surface area contributed by atoms with E-state index in [2.05, 4.69) is 0 Å². The lowest BCUT2D eigenvalue weighted by Crippen LogP contribution is -2.06. The Hall–Kier alpha value is -1.50. The minimum atomic E-state index is 0.322. The fourth-order valence-electron chi connectivity index (χ4n) is 5.76. The monoisotopic (exact) mass is 637 g/mol. The van der Waals surface area contributed by atoms with E-state index in [9.17, 15) is 0 Å². The molecule has 6 heteroatoms. The molecule has 0 aromatic heterocycles. The Morgan fingerprint density at radius 1 is 0.311 bits per heavy atom. The standard InChI is InChI=1S/C39H72O6/c40-31-22-16-10-4-1-7-13-19-25-34-43-37-29-28-30-38(44-35-26-20-14-8-2-5-11-17-23-32-41)39(37)45-36-27-21-15-9-3-6-12-18-24-33-42/h28-30,40-42H,1-27,31-36H2. The normalized spacial score (nSPS) is 11.3. The van der Waals surface area contributed by atoms with Gasteiger partial charge < -0.3 is 29.5 Å². The van der Waals surface area contributed by atoms with Gasteiger partial charge in [-0.15, -0.1) is 0 Å². The van der Waals surface area contributed by atoms with E-state index in [0.29, 0.717) is 39.6 Å². The Morgan fingerprint density at radius 3 is 0.844 bits per heavy atom. The zero-order chi connectivity index (χ0) is 32.3. The lowest BCUT2D eigenvalue weighted by molar-refractivity contribution is 0.234. The predicted molar refractivity (Wildman–Crippen MR) is 189 cm³/mol. The molecule has 0 bridgehead atoms. The summed E-state index contributed by atoms with van der Waals surface area (Å²) in [6.07, 6.45) is 32.0. The van der Waals surface area contributed by atoms with Gasteiger partial charge in [0.15, 0.2) is 11.5 Å². The van der Waals surface area contributed by atoms with E-state index < -0.39 is 0 Å². The maximum absolute atomic E-state index is 8.90. The van der Waals surface area contributed by atoms with E-state index >= 15 is 0 Å². The van der Waals surface area contributed by atoms with Crippen LogP contribution in [0.4, 0.5) is 0 Å². The Kier molecular flexibility index (Phi) is 31.2. The number of para-hydroxylation sites is 1. The van der Waals surface area contributed by atoms with Crippen LogP contribution in [-0.2, 0) is 0 Å². The highest BCUT2D eigenvalue weighted by molar-refractivity contribution is 5.51. The third kappa shape index (κ3) is 26.3. The molecule has 0 heterocycles. The molecule has 0 spiro atoms. The van der Waals surface area contributed by atoms with Crippen molar-refractivity contribution in [2.45, 2.75) is 173 Å². The molecule has 0 saturated carbocycles. The summed E-state index contributed by atoms with van der Waals surface area (Å²) in [7, 11) is 0. The molecule has 0 fully saturated rings. The number of hydrogen-bond acceptors (Lipinski definition) is 6. The average Bonchev–Trinajstić information content (AvgIpc) is 3.05. The molecule has 264 valence electrons. The van der Waals surface area contributed by atoms with Gasteiger partial charge >= 0.3 is 0 Å². The highest BCUT2D eigenvalue weighted by Crippen LogP contribution is 2.38. The largest absolute Gasteiger partial charge is 0.490 e. The maximum atomic E-state index is 8.90. The third-order valence-electron chi connectivity index (χ3n) is 8.61. The van der Waals surface area contributed by atoms with Crippen LogP contribution in [0.15, 0.2) is 18.2 Å². The topological polar surface area (TPSA) is 88.4 Å². The van der Waals surface area contributed by atoms with Gasteiger partial charge in [0.1, 0.15) is 0 Å². The molecule has 0 aliphatic heterocycles. The first-order valence-corrected chi connectivity index (χ1v) is 19.2. The molecule has 6 nitrogen and oxygen atoms in total. The molecule has 0 aliphatic carbocycles. The fraction of sp³-hybridized carbons (Fsp3) is 0.846. The highest BCUT2D eigenvalue weighted by Gasteiger charge is 2.13. The van der Waals surface area contributed by atoms with Gasteiger partial charge in [0, 0.05) is 19.8 Å². The summed E-state index contributed by atoms with van der Waals surface area (Å²) in [5, 5.41) is 26.7. The minimum Gasteiger partial charge on any atom is -0.490 e. The Morgan fingerprint density at radius 2 is 0.556 bits per heavy atom. The van der Waals surface area contributed by atoms with Gasteiger partial charge in [-0.05, 0) is 50.7 Å². The van der Waals surface area contributed by atoms with E-state index in [1.807, 2.05) is 18.2 Å². The first-order valence-electron chi connectivity index (χ1n) is 19.2. The van der Waals surface area contributed by atoms with E-state index in [4.69, 9.17) is 29.5 Å². The van der Waals surface area contributed by atoms with E-state index in [-0.39, 0.29) is 0 Å². The van der Waals surface area contributed by atoms with Crippen molar-refractivity contribution in [2.75, 3.05) is 39.6 Å². The van der Waals surface area contributed by atoms with Crippen molar-refractivity contribution in [3.8, 4) is 17.2 Å². The summed E-state index contributed by atoms with van der Waals surface area (Å²) in [6.45, 7) is 3.06. The Labute approximate surface area is 277 Å². The van der Waals surface area contributed by atoms with Crippen molar-refractivity contribution in [3.05, 3.63) is 18.2 Å². The predicted octanol–water partition coefficient (Wildman–Crippen LogP) is 10.3. The van der Waals surface area contributed by atoms with Crippen LogP contribution < -0.4 is 14.2 Å². The average molecular weight is 637 g/mol. The fourth-order valence-corrected chi connectivity index (χ4v) is 5.76. The molecule has 0 aliphatic rings. The number of aliphatic hydroxyl groups excluding tert-OH is 3. The molecule has 0 unspecified atom stereocenters. The summed E-state index contributed by atoms with van der Waals surface area (Å²) < 4.78 is 18.8. The van der Waals surface area contributed by atoms with Gasteiger partial charge in [0.25, 0.3) is 0 Å². The molecule has 0 atom stereocenters. The van der Waals surface area contributed by atoms with E-state index in [1.165, 1.54) is 116 Å². The van der Waals surface area contributed by atoms with Crippen LogP contribution in [0.3, 0.4) is 0 Å². The van der Waals surface area contributed by atoms with Gasteiger partial charge in [0.05, 0.1) is 19.8 Å². The number of rotatable bonds is 36. The van der Waals surface area contributed by atoms with E-state index in [1.54, 1.807) is 0 Å². The number of unbranched alkanes of at least 4 members (excludes halogenated alkanes) is 24. The second-order valence-electron chi connectivity index (χ2n) is 12.8. The van der Waals surface area contributed by atoms with Crippen LogP contribution in [0.2, 0.25) is 0 Å². The molecule has 0 amide bonds. The van der Waals surface area contributed by atoms with Gasteiger partial charge in [-0.25, -0.2) is 0 Å². The smallest absolute Gasteiger partial charge is 0.203 e. The van der Waals surface area contributed by atoms with Crippen LogP contribution in [0.1, 0.15) is 173 Å². The quantitative estimate of drug-likeness (QED) is 0.0635. The van der Waals surface area contributed by atoms with Crippen LogP contribution in [0.5, 0.6) is 17.2 Å². The lowest BCUT2D eigenvalue weighted by Gasteiger charge is -2.17. The van der Waals surface area contributed by atoms with Crippen molar-refractivity contribution in [1.29, 1.82) is 0 Å². The third-order valence-corrected chi connectivity index (χ3v) is 8.61. The van der Waals surface area contributed by atoms with Crippen LogP contribution >= 0.6 is 0 Å². The first-order chi connectivity index (χ1) is 22.3. The molecular formula is C39H72O6. The van der Waals surface area contributed by atoms with Crippen molar-refractivity contribution >= 4 is 0 Å². The summed E-state index contributed by atoms with van der Waals surface area (Å²) in [4.78, 5) is 0. The molecule has 1 aromatic rings. The lowest BCUT2D eigenvalue weighted by atomic mass is 10.1. The number of benzene rings is 1. The highest BCUT2D eigenvalue weighted by atomic mass is 16.5. The SMILES string of the molecule is OCCCCCCCCCCCOc1cccc(OCCCCCCCCCCCO)c1OCCCCCCCCCCCO.